The van der Waals surface area contributed by atoms with E-state index in [0.717, 1.165) is 29.5 Å². The number of amides is 2. The van der Waals surface area contributed by atoms with Crippen molar-refractivity contribution in [2.45, 2.75) is 30.7 Å². The summed E-state index contributed by atoms with van der Waals surface area (Å²) >= 11 is 0. The number of hydrogen-bond acceptors (Lipinski definition) is 2. The highest BCUT2D eigenvalue weighted by atomic mass is 19.1. The molecule has 162 valence electrons. The Kier molecular flexibility index (Phi) is 5.25. The van der Waals surface area contributed by atoms with E-state index in [1.165, 1.54) is 12.1 Å². The fraction of sp³-hybridized carbons (Fsp3) is 0.259. The molecule has 5 rings (SSSR count). The third-order valence-corrected chi connectivity index (χ3v) is 6.74. The van der Waals surface area contributed by atoms with Crippen LogP contribution in [0.3, 0.4) is 0 Å². The predicted octanol–water partition coefficient (Wildman–Crippen LogP) is 4.77. The van der Waals surface area contributed by atoms with E-state index in [1.54, 1.807) is 6.07 Å². The van der Waals surface area contributed by atoms with Gasteiger partial charge in [-0.2, -0.15) is 0 Å². The van der Waals surface area contributed by atoms with Crippen molar-refractivity contribution >= 4 is 11.8 Å². The first-order valence-electron chi connectivity index (χ1n) is 11.1. The van der Waals surface area contributed by atoms with Gasteiger partial charge in [0, 0.05) is 31.0 Å². The molecular formula is C27H25FN2O2. The second kappa shape index (κ2) is 8.23. The Morgan fingerprint density at radius 1 is 1.00 bits per heavy atom. The van der Waals surface area contributed by atoms with Gasteiger partial charge < -0.3 is 10.2 Å². The second-order valence-electron chi connectivity index (χ2n) is 8.76. The van der Waals surface area contributed by atoms with Crippen LogP contribution in [0, 0.1) is 5.82 Å². The van der Waals surface area contributed by atoms with Gasteiger partial charge in [0.15, 0.2) is 0 Å². The van der Waals surface area contributed by atoms with Crippen LogP contribution in [0.4, 0.5) is 4.39 Å². The molecule has 0 aromatic heterocycles. The molecule has 4 nitrogen and oxygen atoms in total. The number of carbonyl (C=O) groups excluding carboxylic acids is 2. The fourth-order valence-electron chi connectivity index (χ4n) is 5.27. The molecule has 3 aromatic rings. The van der Waals surface area contributed by atoms with Gasteiger partial charge >= 0.3 is 0 Å². The van der Waals surface area contributed by atoms with E-state index < -0.39 is 5.54 Å². The van der Waals surface area contributed by atoms with Crippen molar-refractivity contribution in [2.75, 3.05) is 13.1 Å². The monoisotopic (exact) mass is 428 g/mol. The molecule has 2 aliphatic heterocycles. The van der Waals surface area contributed by atoms with Crippen molar-refractivity contribution in [3.8, 4) is 11.1 Å². The molecule has 0 aliphatic carbocycles. The Bertz CT molecular complexity index is 1160. The quantitative estimate of drug-likeness (QED) is 0.653. The number of hydrogen-bond donors (Lipinski definition) is 1. The van der Waals surface area contributed by atoms with Gasteiger partial charge in [-0.1, -0.05) is 60.7 Å². The van der Waals surface area contributed by atoms with Gasteiger partial charge in [0.1, 0.15) is 5.82 Å². The van der Waals surface area contributed by atoms with E-state index >= 15 is 0 Å². The number of likely N-dealkylation sites (tertiary alicyclic amines) is 1. The zero-order valence-electron chi connectivity index (χ0n) is 17.8. The first-order valence-corrected chi connectivity index (χ1v) is 11.1. The third-order valence-electron chi connectivity index (χ3n) is 6.74. The van der Waals surface area contributed by atoms with Crippen molar-refractivity contribution in [2.24, 2.45) is 0 Å². The van der Waals surface area contributed by atoms with Crippen LogP contribution in [-0.4, -0.2) is 35.3 Å². The molecule has 32 heavy (non-hydrogen) atoms. The summed E-state index contributed by atoms with van der Waals surface area (Å²) < 4.78 is 14.0. The maximum Gasteiger partial charge on any atom is 0.254 e. The Morgan fingerprint density at radius 2 is 1.78 bits per heavy atom. The maximum atomic E-state index is 14.0. The fourth-order valence-corrected chi connectivity index (χ4v) is 5.27. The molecule has 2 heterocycles. The number of benzene rings is 3. The predicted molar refractivity (Wildman–Crippen MR) is 122 cm³/mol. The molecule has 3 aromatic carbocycles. The van der Waals surface area contributed by atoms with Gasteiger partial charge in [-0.3, -0.25) is 9.59 Å². The lowest BCUT2D eigenvalue weighted by Crippen LogP contribution is -2.56. The Hall–Kier alpha value is -3.47. The summed E-state index contributed by atoms with van der Waals surface area (Å²) in [5, 5.41) is 3.19. The molecule has 0 bridgehead atoms. The van der Waals surface area contributed by atoms with Crippen LogP contribution < -0.4 is 5.32 Å². The minimum Gasteiger partial charge on any atom is -0.348 e. The van der Waals surface area contributed by atoms with Gasteiger partial charge in [0.2, 0.25) is 5.91 Å². The number of piperidine rings is 1. The first-order chi connectivity index (χ1) is 15.6. The molecule has 2 amide bonds. The Balaban J connectivity index is 1.52. The molecule has 1 spiro atoms. The van der Waals surface area contributed by atoms with Crippen molar-refractivity contribution in [1.82, 2.24) is 10.2 Å². The summed E-state index contributed by atoms with van der Waals surface area (Å²) in [5.74, 6) is -0.534. The summed E-state index contributed by atoms with van der Waals surface area (Å²) in [6.45, 7) is 0.855. The lowest BCUT2D eigenvalue weighted by Gasteiger charge is -2.39. The summed E-state index contributed by atoms with van der Waals surface area (Å²) in [5.41, 5.74) is 2.75. The van der Waals surface area contributed by atoms with Crippen molar-refractivity contribution in [3.05, 3.63) is 95.8 Å². The first kappa shape index (κ1) is 20.4. The van der Waals surface area contributed by atoms with Gasteiger partial charge in [0.05, 0.1) is 5.54 Å². The van der Waals surface area contributed by atoms with Gasteiger partial charge in [0.25, 0.3) is 5.91 Å². The smallest absolute Gasteiger partial charge is 0.254 e. The standard InChI is InChI=1S/C27H25FN2O2/c28-21-11-6-10-20(16-21)24-17-30(18-27(24)15-7-14-25(31)29-27)26(32)23-13-5-4-12-22(23)19-8-2-1-3-9-19/h1-6,8-13,16,24H,7,14-15,17-18H2,(H,29,31)/t24-,27+/m0/s1. The van der Waals surface area contributed by atoms with E-state index in [2.05, 4.69) is 5.32 Å². The molecule has 2 saturated heterocycles. The van der Waals surface area contributed by atoms with Crippen LogP contribution >= 0.6 is 0 Å². The lowest BCUT2D eigenvalue weighted by molar-refractivity contribution is -0.125. The average molecular weight is 429 g/mol. The summed E-state index contributed by atoms with van der Waals surface area (Å²) in [7, 11) is 0. The zero-order chi connectivity index (χ0) is 22.1. The number of carbonyl (C=O) groups is 2. The lowest BCUT2D eigenvalue weighted by atomic mass is 9.76. The van der Waals surface area contributed by atoms with Gasteiger partial charge in [-0.15, -0.1) is 0 Å². The van der Waals surface area contributed by atoms with Crippen molar-refractivity contribution in [3.63, 3.8) is 0 Å². The highest BCUT2D eigenvalue weighted by Gasteiger charge is 2.50. The van der Waals surface area contributed by atoms with Crippen molar-refractivity contribution in [1.29, 1.82) is 0 Å². The van der Waals surface area contributed by atoms with Crippen LogP contribution in [0.15, 0.2) is 78.9 Å². The van der Waals surface area contributed by atoms with Crippen LogP contribution in [0.1, 0.15) is 41.1 Å². The molecule has 0 unspecified atom stereocenters. The molecule has 2 fully saturated rings. The molecule has 2 atom stereocenters. The number of halogens is 1. The molecular weight excluding hydrogens is 403 g/mol. The minimum absolute atomic E-state index is 0.00311. The van der Waals surface area contributed by atoms with Gasteiger partial charge in [-0.25, -0.2) is 4.39 Å². The highest BCUT2D eigenvalue weighted by Crippen LogP contribution is 2.42. The number of nitrogens with zero attached hydrogens (tertiary/aromatic N) is 1. The number of rotatable bonds is 3. The topological polar surface area (TPSA) is 49.4 Å². The van der Waals surface area contributed by atoms with E-state index in [1.807, 2.05) is 65.6 Å². The maximum absolute atomic E-state index is 14.0. The molecule has 5 heteroatoms. The molecule has 0 saturated carbocycles. The highest BCUT2D eigenvalue weighted by molar-refractivity contribution is 6.01. The van der Waals surface area contributed by atoms with E-state index in [0.29, 0.717) is 25.1 Å². The normalized spacial score (nSPS) is 22.7. The summed E-state index contributed by atoms with van der Waals surface area (Å²) in [4.78, 5) is 27.9. The van der Waals surface area contributed by atoms with Crippen LogP contribution in [0.5, 0.6) is 0 Å². The average Bonchev–Trinajstić information content (AvgIpc) is 3.17. The third kappa shape index (κ3) is 3.68. The van der Waals surface area contributed by atoms with Crippen molar-refractivity contribution < 1.29 is 14.0 Å². The van der Waals surface area contributed by atoms with E-state index in [4.69, 9.17) is 0 Å². The van der Waals surface area contributed by atoms with Crippen LogP contribution in [-0.2, 0) is 4.79 Å². The largest absolute Gasteiger partial charge is 0.348 e. The van der Waals surface area contributed by atoms with E-state index in [9.17, 15) is 14.0 Å². The molecule has 1 N–H and O–H groups in total. The van der Waals surface area contributed by atoms with Gasteiger partial charge in [-0.05, 0) is 47.7 Å². The Morgan fingerprint density at radius 3 is 2.56 bits per heavy atom. The SMILES string of the molecule is O=C1CCC[C@]2(CN(C(=O)c3ccccc3-c3ccccc3)C[C@H]2c2cccc(F)c2)N1. The molecule has 0 radical (unpaired) electrons. The van der Waals surface area contributed by atoms with E-state index in [-0.39, 0.29) is 23.5 Å². The zero-order valence-corrected chi connectivity index (χ0v) is 17.8. The molecule has 2 aliphatic rings. The second-order valence-corrected chi connectivity index (χ2v) is 8.76. The Labute approximate surface area is 187 Å². The summed E-state index contributed by atoms with van der Waals surface area (Å²) in [6, 6.07) is 24.0. The summed E-state index contributed by atoms with van der Waals surface area (Å²) in [6.07, 6.45) is 2.02. The minimum atomic E-state index is -0.569. The van der Waals surface area contributed by atoms with Crippen LogP contribution in [0.25, 0.3) is 11.1 Å². The number of nitrogens with one attached hydrogen (secondary N) is 1. The van der Waals surface area contributed by atoms with Crippen LogP contribution in [0.2, 0.25) is 0 Å².